The summed E-state index contributed by atoms with van der Waals surface area (Å²) in [7, 11) is 2.11. The van der Waals surface area contributed by atoms with E-state index < -0.39 is 6.10 Å². The predicted octanol–water partition coefficient (Wildman–Crippen LogP) is 8.02. The van der Waals surface area contributed by atoms with Crippen LogP contribution < -0.4 is 14.8 Å². The summed E-state index contributed by atoms with van der Waals surface area (Å²) in [5.41, 5.74) is 4.81. The molecule has 3 aromatic carbocycles. The number of benzene rings is 3. The van der Waals surface area contributed by atoms with Crippen LogP contribution in [-0.4, -0.2) is 64.5 Å². The number of nitrogens with zero attached hydrogens (tertiary/aromatic N) is 5. The zero-order chi connectivity index (χ0) is 36.6. The number of aryl methyl sites for hydroxylation is 2. The maximum absolute atomic E-state index is 13.3. The van der Waals surface area contributed by atoms with Crippen LogP contribution in [0.2, 0.25) is 10.0 Å². The second-order valence-corrected chi connectivity index (χ2v) is 13.8. The Morgan fingerprint density at radius 2 is 1.43 bits per heavy atom. The fourth-order valence-corrected chi connectivity index (χ4v) is 6.64. The van der Waals surface area contributed by atoms with Gasteiger partial charge in [0.1, 0.15) is 19.3 Å². The van der Waals surface area contributed by atoms with Gasteiger partial charge in [-0.2, -0.15) is 9.97 Å². The minimum atomic E-state index is -0.585. The van der Waals surface area contributed by atoms with Gasteiger partial charge in [-0.15, -0.1) is 0 Å². The van der Waals surface area contributed by atoms with Crippen molar-refractivity contribution in [2.75, 3.05) is 33.4 Å². The highest BCUT2D eigenvalue weighted by Gasteiger charge is 2.24. The zero-order valence-corrected chi connectivity index (χ0v) is 30.9. The van der Waals surface area contributed by atoms with Gasteiger partial charge in [0, 0.05) is 65.4 Å². The van der Waals surface area contributed by atoms with Crippen LogP contribution in [0.1, 0.15) is 62.0 Å². The Hall–Kier alpha value is -5.07. The molecular formula is C39H40Cl2N6O6. The molecule has 2 aromatic heterocycles. The number of hydrogen-bond acceptors (Lipinski definition) is 12. The van der Waals surface area contributed by atoms with Crippen molar-refractivity contribution in [2.45, 2.75) is 57.5 Å². The molecule has 276 valence electrons. The molecule has 14 heteroatoms. The minimum absolute atomic E-state index is 0.179. The molecule has 0 spiro atoms. The van der Waals surface area contributed by atoms with Gasteiger partial charge in [-0.25, -0.2) is 0 Å². The molecule has 0 bridgehead atoms. The molecule has 12 nitrogen and oxygen atoms in total. The van der Waals surface area contributed by atoms with E-state index in [1.165, 1.54) is 5.70 Å². The van der Waals surface area contributed by atoms with Gasteiger partial charge in [0.05, 0.1) is 6.54 Å². The third-order valence-electron chi connectivity index (χ3n) is 9.16. The monoisotopic (exact) mass is 758 g/mol. The Morgan fingerprint density at radius 1 is 0.830 bits per heavy atom. The molecule has 1 saturated heterocycles. The van der Waals surface area contributed by atoms with E-state index in [0.717, 1.165) is 54.6 Å². The normalized spacial score (nSPS) is 15.3. The van der Waals surface area contributed by atoms with E-state index >= 15 is 0 Å². The van der Waals surface area contributed by atoms with E-state index in [1.54, 1.807) is 24.3 Å². The standard InChI is InChI=1S/C39H40Cl2N6O6/c1-47-20-4-6-31(47)30(5-2-7-35-43-38(45-52-35)25-10-15-28(40)16-11-25)42-24-34(27-14-19-32-33(23-27)50-22-21-49-32)51-37(48)9-3-8-36-44-39(46-53-36)26-12-17-29(41)18-13-26/h10-19,23,34,42H,2-9,20-22,24H2,1H3/b31-30-/t34-/m0/s1. The number of halogens is 2. The highest BCUT2D eigenvalue weighted by atomic mass is 35.5. The van der Waals surface area contributed by atoms with Crippen LogP contribution in [0.15, 0.2) is 87.2 Å². The largest absolute Gasteiger partial charge is 0.486 e. The van der Waals surface area contributed by atoms with Gasteiger partial charge in [-0.1, -0.05) is 39.6 Å². The molecule has 7 rings (SSSR count). The lowest BCUT2D eigenvalue weighted by molar-refractivity contribution is -0.149. The summed E-state index contributed by atoms with van der Waals surface area (Å²) in [4.78, 5) is 24.7. The third kappa shape index (κ3) is 9.49. The van der Waals surface area contributed by atoms with Crippen molar-refractivity contribution in [1.29, 1.82) is 0 Å². The second kappa shape index (κ2) is 17.2. The summed E-state index contributed by atoms with van der Waals surface area (Å²) >= 11 is 12.0. The summed E-state index contributed by atoms with van der Waals surface area (Å²) < 4.78 is 28.8. The van der Waals surface area contributed by atoms with Crippen LogP contribution in [0, 0.1) is 0 Å². The van der Waals surface area contributed by atoms with Gasteiger partial charge in [-0.05, 0) is 98.3 Å². The predicted molar refractivity (Wildman–Crippen MR) is 199 cm³/mol. The van der Waals surface area contributed by atoms with Gasteiger partial charge in [0.25, 0.3) is 0 Å². The van der Waals surface area contributed by atoms with Crippen LogP contribution in [0.25, 0.3) is 22.8 Å². The number of ether oxygens (including phenoxy) is 3. The lowest BCUT2D eigenvalue weighted by atomic mass is 10.1. The molecule has 4 heterocycles. The maximum atomic E-state index is 13.3. The van der Waals surface area contributed by atoms with Gasteiger partial charge in [0.2, 0.25) is 23.4 Å². The van der Waals surface area contributed by atoms with E-state index in [0.29, 0.717) is 84.0 Å². The average Bonchev–Trinajstić information content (AvgIpc) is 3.95. The van der Waals surface area contributed by atoms with Crippen molar-refractivity contribution in [2.24, 2.45) is 0 Å². The Morgan fingerprint density at radius 3 is 2.04 bits per heavy atom. The number of allylic oxidation sites excluding steroid dienone is 2. The smallest absolute Gasteiger partial charge is 0.306 e. The number of carbonyl (C=O) groups is 1. The average molecular weight is 760 g/mol. The first-order valence-electron chi connectivity index (χ1n) is 17.8. The minimum Gasteiger partial charge on any atom is -0.486 e. The first kappa shape index (κ1) is 36.3. The third-order valence-corrected chi connectivity index (χ3v) is 9.66. The number of aromatic nitrogens is 4. The lowest BCUT2D eigenvalue weighted by Crippen LogP contribution is -2.28. The second-order valence-electron chi connectivity index (χ2n) is 13.0. The molecule has 0 saturated carbocycles. The molecule has 0 unspecified atom stereocenters. The Bertz CT molecular complexity index is 2030. The first-order valence-corrected chi connectivity index (χ1v) is 18.6. The molecular weight excluding hydrogens is 719 g/mol. The molecule has 0 radical (unpaired) electrons. The number of rotatable bonds is 15. The first-order chi connectivity index (χ1) is 25.9. The molecule has 53 heavy (non-hydrogen) atoms. The Labute approximate surface area is 317 Å². The Balaban J connectivity index is 0.998. The number of nitrogens with one attached hydrogen (secondary N) is 1. The molecule has 2 aliphatic heterocycles. The number of hydrogen-bond donors (Lipinski definition) is 1. The SMILES string of the molecule is CN1CCC/C1=C(\CCCc1nc(-c2ccc(Cl)cc2)no1)NC[C@H](OC(=O)CCCc1nc(-c2ccc(Cl)cc2)no1)c1ccc2c(c1)OCCO2. The van der Waals surface area contributed by atoms with E-state index in [2.05, 4.69) is 37.5 Å². The van der Waals surface area contributed by atoms with Crippen LogP contribution in [0.4, 0.5) is 0 Å². The van der Waals surface area contributed by atoms with Gasteiger partial charge in [-0.3, -0.25) is 4.79 Å². The summed E-state index contributed by atoms with van der Waals surface area (Å²) in [6.45, 7) is 2.30. The summed E-state index contributed by atoms with van der Waals surface area (Å²) in [6.07, 6.45) is 4.71. The molecule has 2 aliphatic rings. The molecule has 1 atom stereocenters. The van der Waals surface area contributed by atoms with Crippen LogP contribution in [0.5, 0.6) is 11.5 Å². The van der Waals surface area contributed by atoms with Gasteiger partial charge < -0.3 is 33.5 Å². The highest BCUT2D eigenvalue weighted by molar-refractivity contribution is 6.30. The van der Waals surface area contributed by atoms with Crippen LogP contribution in [0.3, 0.4) is 0 Å². The zero-order valence-electron chi connectivity index (χ0n) is 29.4. The van der Waals surface area contributed by atoms with Crippen molar-refractivity contribution in [3.63, 3.8) is 0 Å². The number of likely N-dealkylation sites (tertiary alicyclic amines) is 1. The van der Waals surface area contributed by atoms with Crippen molar-refractivity contribution in [3.05, 3.63) is 106 Å². The molecule has 1 N–H and O–H groups in total. The molecule has 0 amide bonds. The van der Waals surface area contributed by atoms with Crippen molar-refractivity contribution >= 4 is 29.2 Å². The van der Waals surface area contributed by atoms with E-state index in [-0.39, 0.29) is 12.4 Å². The molecule has 1 fully saturated rings. The van der Waals surface area contributed by atoms with Crippen LogP contribution >= 0.6 is 23.2 Å². The summed E-state index contributed by atoms with van der Waals surface area (Å²) in [5.74, 6) is 3.01. The van der Waals surface area contributed by atoms with Crippen LogP contribution in [-0.2, 0) is 22.4 Å². The van der Waals surface area contributed by atoms with E-state index in [1.807, 2.05) is 42.5 Å². The van der Waals surface area contributed by atoms with E-state index in [4.69, 9.17) is 46.5 Å². The van der Waals surface area contributed by atoms with E-state index in [9.17, 15) is 4.79 Å². The quantitative estimate of drug-likeness (QED) is 0.104. The number of esters is 1. The number of fused-ring (bicyclic) bond motifs is 1. The van der Waals surface area contributed by atoms with Crippen molar-refractivity contribution in [1.82, 2.24) is 30.5 Å². The molecule has 5 aromatic rings. The fourth-order valence-electron chi connectivity index (χ4n) is 6.39. The molecule has 0 aliphatic carbocycles. The topological polar surface area (TPSA) is 138 Å². The van der Waals surface area contributed by atoms with Gasteiger partial charge in [0.15, 0.2) is 11.5 Å². The lowest BCUT2D eigenvalue weighted by Gasteiger charge is -2.25. The Kier molecular flexibility index (Phi) is 11.8. The van der Waals surface area contributed by atoms with Crippen molar-refractivity contribution < 1.29 is 28.1 Å². The fraction of sp³-hybridized carbons (Fsp3) is 0.359. The summed E-state index contributed by atoms with van der Waals surface area (Å²) in [5, 5.41) is 13.2. The maximum Gasteiger partial charge on any atom is 0.306 e. The highest BCUT2D eigenvalue weighted by Crippen LogP contribution is 2.34. The summed E-state index contributed by atoms with van der Waals surface area (Å²) in [6, 6.07) is 20.3. The van der Waals surface area contributed by atoms with Gasteiger partial charge >= 0.3 is 5.97 Å². The number of carbonyl (C=O) groups excluding carboxylic acids is 1. The van der Waals surface area contributed by atoms with Crippen molar-refractivity contribution in [3.8, 4) is 34.3 Å².